The van der Waals surface area contributed by atoms with Crippen LogP contribution in [0, 0.1) is 0 Å². The minimum Gasteiger partial charge on any atom is -0.493 e. The predicted octanol–water partition coefficient (Wildman–Crippen LogP) is 4.20. The highest BCUT2D eigenvalue weighted by Crippen LogP contribution is 2.14. The SMILES string of the molecule is COCCCNC(=O)c1ccc(NC(=S)NC(=O)c2cccc(OCCc3ccccc3)c2)cc1. The van der Waals surface area contributed by atoms with E-state index in [9.17, 15) is 9.59 Å². The summed E-state index contributed by atoms with van der Waals surface area (Å²) in [5.41, 5.74) is 2.82. The van der Waals surface area contributed by atoms with Crippen molar-refractivity contribution < 1.29 is 19.1 Å². The Hall–Kier alpha value is -3.75. The van der Waals surface area contributed by atoms with Crippen molar-refractivity contribution >= 4 is 34.8 Å². The first kappa shape index (κ1) is 25.9. The fourth-order valence-corrected chi connectivity index (χ4v) is 3.43. The number of carbonyl (C=O) groups is 2. The second kappa shape index (κ2) is 13.8. The molecule has 3 aromatic carbocycles. The molecule has 3 rings (SSSR count). The summed E-state index contributed by atoms with van der Waals surface area (Å²) < 4.78 is 10.8. The molecule has 182 valence electrons. The number of rotatable bonds is 11. The van der Waals surface area contributed by atoms with Gasteiger partial charge >= 0.3 is 0 Å². The Balaban J connectivity index is 1.46. The number of amides is 2. The van der Waals surface area contributed by atoms with Crippen LogP contribution in [0.4, 0.5) is 5.69 Å². The van der Waals surface area contributed by atoms with Crippen LogP contribution in [0.15, 0.2) is 78.9 Å². The van der Waals surface area contributed by atoms with Crippen LogP contribution in [0.2, 0.25) is 0 Å². The van der Waals surface area contributed by atoms with Gasteiger partial charge in [-0.15, -0.1) is 0 Å². The Morgan fingerprint density at radius 1 is 0.857 bits per heavy atom. The summed E-state index contributed by atoms with van der Waals surface area (Å²) in [7, 11) is 1.63. The summed E-state index contributed by atoms with van der Waals surface area (Å²) in [5.74, 6) is 0.112. The second-order valence-corrected chi connectivity index (χ2v) is 8.11. The van der Waals surface area contributed by atoms with E-state index in [4.69, 9.17) is 21.7 Å². The molecule has 3 N–H and O–H groups in total. The van der Waals surface area contributed by atoms with Gasteiger partial charge in [0.15, 0.2) is 5.11 Å². The maximum absolute atomic E-state index is 12.6. The third-order valence-corrected chi connectivity index (χ3v) is 5.25. The fourth-order valence-electron chi connectivity index (χ4n) is 3.22. The minimum atomic E-state index is -0.344. The first-order valence-electron chi connectivity index (χ1n) is 11.3. The van der Waals surface area contributed by atoms with Crippen molar-refractivity contribution in [1.82, 2.24) is 10.6 Å². The summed E-state index contributed by atoms with van der Waals surface area (Å²) in [4.78, 5) is 24.8. The van der Waals surface area contributed by atoms with Crippen LogP contribution in [-0.2, 0) is 11.2 Å². The molecular weight excluding hydrogens is 462 g/mol. The minimum absolute atomic E-state index is 0.155. The number of ether oxygens (including phenoxy) is 2. The lowest BCUT2D eigenvalue weighted by atomic mass is 10.2. The molecule has 0 bridgehead atoms. The summed E-state index contributed by atoms with van der Waals surface area (Å²) in [6.07, 6.45) is 1.53. The van der Waals surface area contributed by atoms with Gasteiger partial charge in [0.25, 0.3) is 11.8 Å². The molecule has 7 nitrogen and oxygen atoms in total. The van der Waals surface area contributed by atoms with Gasteiger partial charge < -0.3 is 20.1 Å². The van der Waals surface area contributed by atoms with Gasteiger partial charge in [0.1, 0.15) is 5.75 Å². The first-order valence-corrected chi connectivity index (χ1v) is 11.7. The molecule has 0 aliphatic heterocycles. The van der Waals surface area contributed by atoms with Crippen LogP contribution >= 0.6 is 12.2 Å². The highest BCUT2D eigenvalue weighted by Gasteiger charge is 2.10. The molecule has 0 saturated carbocycles. The van der Waals surface area contributed by atoms with E-state index in [0.717, 1.165) is 12.8 Å². The highest BCUT2D eigenvalue weighted by molar-refractivity contribution is 7.80. The molecule has 0 heterocycles. The van der Waals surface area contributed by atoms with Crippen molar-refractivity contribution in [1.29, 1.82) is 0 Å². The summed E-state index contributed by atoms with van der Waals surface area (Å²) in [5, 5.41) is 8.61. The lowest BCUT2D eigenvalue weighted by molar-refractivity contribution is 0.0946. The average molecular weight is 492 g/mol. The topological polar surface area (TPSA) is 88.7 Å². The van der Waals surface area contributed by atoms with Gasteiger partial charge in [-0.25, -0.2) is 0 Å². The van der Waals surface area contributed by atoms with E-state index in [-0.39, 0.29) is 16.9 Å². The smallest absolute Gasteiger partial charge is 0.257 e. The zero-order chi connectivity index (χ0) is 24.9. The Kier molecular flexibility index (Phi) is 10.2. The maximum Gasteiger partial charge on any atom is 0.257 e. The molecule has 0 fully saturated rings. The maximum atomic E-state index is 12.6. The van der Waals surface area contributed by atoms with E-state index >= 15 is 0 Å². The van der Waals surface area contributed by atoms with Crippen molar-refractivity contribution in [3.8, 4) is 5.75 Å². The molecule has 3 aromatic rings. The number of methoxy groups -OCH3 is 1. The van der Waals surface area contributed by atoms with Gasteiger partial charge in [-0.05, 0) is 66.7 Å². The normalized spacial score (nSPS) is 10.3. The van der Waals surface area contributed by atoms with E-state index < -0.39 is 0 Å². The summed E-state index contributed by atoms with van der Waals surface area (Å²) >= 11 is 5.27. The van der Waals surface area contributed by atoms with E-state index in [2.05, 4.69) is 16.0 Å². The molecule has 2 amide bonds. The van der Waals surface area contributed by atoms with Crippen molar-refractivity contribution in [2.45, 2.75) is 12.8 Å². The van der Waals surface area contributed by atoms with Gasteiger partial charge in [-0.2, -0.15) is 0 Å². The Morgan fingerprint density at radius 3 is 2.37 bits per heavy atom. The van der Waals surface area contributed by atoms with E-state index in [0.29, 0.717) is 42.3 Å². The molecule has 0 unspecified atom stereocenters. The van der Waals surface area contributed by atoms with Gasteiger partial charge in [-0.1, -0.05) is 36.4 Å². The number of carbonyl (C=O) groups excluding carboxylic acids is 2. The van der Waals surface area contributed by atoms with Crippen molar-refractivity contribution in [3.63, 3.8) is 0 Å². The third-order valence-electron chi connectivity index (χ3n) is 5.04. The zero-order valence-electron chi connectivity index (χ0n) is 19.6. The zero-order valence-corrected chi connectivity index (χ0v) is 20.4. The molecule has 0 spiro atoms. The Bertz CT molecular complexity index is 1120. The third kappa shape index (κ3) is 8.84. The Morgan fingerprint density at radius 2 is 1.63 bits per heavy atom. The van der Waals surface area contributed by atoms with Crippen molar-refractivity contribution in [2.24, 2.45) is 0 Å². The van der Waals surface area contributed by atoms with Crippen LogP contribution in [0.1, 0.15) is 32.7 Å². The van der Waals surface area contributed by atoms with Crippen molar-refractivity contribution in [3.05, 3.63) is 95.6 Å². The van der Waals surface area contributed by atoms with E-state index in [1.54, 1.807) is 49.6 Å². The molecule has 0 aliphatic carbocycles. The van der Waals surface area contributed by atoms with Gasteiger partial charge in [0.05, 0.1) is 6.61 Å². The van der Waals surface area contributed by atoms with Crippen molar-refractivity contribution in [2.75, 3.05) is 32.2 Å². The van der Waals surface area contributed by atoms with Crippen LogP contribution in [0.5, 0.6) is 5.75 Å². The summed E-state index contributed by atoms with van der Waals surface area (Å²) in [6, 6.07) is 23.9. The first-order chi connectivity index (χ1) is 17.0. The monoisotopic (exact) mass is 491 g/mol. The fraction of sp³-hybridized carbons (Fsp3) is 0.222. The van der Waals surface area contributed by atoms with Gasteiger partial charge in [-0.3, -0.25) is 14.9 Å². The molecule has 8 heteroatoms. The molecule has 0 aliphatic rings. The molecule has 0 aromatic heterocycles. The second-order valence-electron chi connectivity index (χ2n) is 7.70. The number of hydrogen-bond acceptors (Lipinski definition) is 5. The van der Waals surface area contributed by atoms with Crippen LogP contribution in [0.25, 0.3) is 0 Å². The molecule has 0 atom stereocenters. The van der Waals surface area contributed by atoms with Crippen LogP contribution < -0.4 is 20.7 Å². The Labute approximate surface area is 210 Å². The number of anilines is 1. The number of nitrogens with one attached hydrogen (secondary N) is 3. The lowest BCUT2D eigenvalue weighted by Gasteiger charge is -2.11. The van der Waals surface area contributed by atoms with E-state index in [1.807, 2.05) is 36.4 Å². The quantitative estimate of drug-likeness (QED) is 0.275. The lowest BCUT2D eigenvalue weighted by Crippen LogP contribution is -2.34. The van der Waals surface area contributed by atoms with E-state index in [1.165, 1.54) is 5.56 Å². The molecule has 0 radical (unpaired) electrons. The van der Waals surface area contributed by atoms with Crippen LogP contribution in [-0.4, -0.2) is 43.8 Å². The summed E-state index contributed by atoms with van der Waals surface area (Å²) in [6.45, 7) is 1.65. The van der Waals surface area contributed by atoms with Gasteiger partial charge in [0.2, 0.25) is 0 Å². The molecular formula is C27H29N3O4S. The highest BCUT2D eigenvalue weighted by atomic mass is 32.1. The number of thiocarbonyl (C=S) groups is 1. The number of benzene rings is 3. The standard InChI is InChI=1S/C27H29N3O4S/c1-33-17-6-16-28-25(31)21-11-13-23(14-12-21)29-27(35)30-26(32)22-9-5-10-24(19-22)34-18-15-20-7-3-2-4-8-20/h2-5,7-14,19H,6,15-18H2,1H3,(H,28,31)(H2,29,30,32,35). The average Bonchev–Trinajstić information content (AvgIpc) is 2.87. The van der Waals surface area contributed by atoms with Gasteiger partial charge in [0, 0.05) is 43.5 Å². The predicted molar refractivity (Wildman–Crippen MR) is 141 cm³/mol. The largest absolute Gasteiger partial charge is 0.493 e. The number of hydrogen-bond donors (Lipinski definition) is 3. The molecule has 35 heavy (non-hydrogen) atoms. The molecule has 0 saturated heterocycles. The van der Waals surface area contributed by atoms with Crippen LogP contribution in [0.3, 0.4) is 0 Å².